The van der Waals surface area contributed by atoms with Crippen LogP contribution in [0.2, 0.25) is 0 Å². The quantitative estimate of drug-likeness (QED) is 0.588. The number of carbonyl (C=O) groups excluding carboxylic acids is 1. The Morgan fingerprint density at radius 3 is 2.07 bits per heavy atom. The molecule has 1 atom stereocenters. The minimum absolute atomic E-state index is 0.127. The van der Waals surface area contributed by atoms with Crippen molar-refractivity contribution in [3.05, 3.63) is 0 Å². The van der Waals surface area contributed by atoms with Gasteiger partial charge in [0.15, 0.2) is 0 Å². The van der Waals surface area contributed by atoms with Crippen molar-refractivity contribution in [1.29, 1.82) is 0 Å². The topological polar surface area (TPSA) is 20.3 Å². The van der Waals surface area contributed by atoms with Crippen LogP contribution in [-0.2, 0) is 4.79 Å². The third-order valence-electron chi connectivity index (χ3n) is 3.57. The molecule has 0 spiro atoms. The molecule has 0 amide bonds. The highest BCUT2D eigenvalue weighted by molar-refractivity contribution is 5.59. The first-order valence-electron chi connectivity index (χ1n) is 5.71. The third kappa shape index (κ3) is 3.41. The molecule has 0 bridgehead atoms. The molecule has 0 aliphatic carbocycles. The second-order valence-corrected chi connectivity index (χ2v) is 4.36. The van der Waals surface area contributed by atoms with E-state index in [0.717, 1.165) is 32.1 Å². The highest BCUT2D eigenvalue weighted by atomic mass is 16.1. The summed E-state index contributed by atoms with van der Waals surface area (Å²) in [5.74, 6) is 0. The van der Waals surface area contributed by atoms with Crippen LogP contribution >= 0.6 is 0 Å². The Balaban J connectivity index is 4.36. The molecule has 0 aliphatic heterocycles. The van der Waals surface area contributed by atoms with Gasteiger partial charge < -0.3 is 9.69 Å². The summed E-state index contributed by atoms with van der Waals surface area (Å²) in [6.07, 6.45) is 4.16. The largest absolute Gasteiger partial charge is 0.303 e. The van der Waals surface area contributed by atoms with Crippen LogP contribution in [0.15, 0.2) is 0 Å². The van der Waals surface area contributed by atoms with Crippen LogP contribution in [-0.4, -0.2) is 30.8 Å². The second kappa shape index (κ2) is 6.18. The van der Waals surface area contributed by atoms with Crippen molar-refractivity contribution in [2.45, 2.75) is 53.0 Å². The molecular formula is C12H25NO. The van der Waals surface area contributed by atoms with E-state index in [1.165, 1.54) is 0 Å². The molecule has 2 heteroatoms. The van der Waals surface area contributed by atoms with Gasteiger partial charge in [-0.05, 0) is 33.2 Å². The number of carbonyl (C=O) groups is 1. The fourth-order valence-corrected chi connectivity index (χ4v) is 1.64. The number of nitrogens with zero attached hydrogens (tertiary/aromatic N) is 1. The van der Waals surface area contributed by atoms with Crippen LogP contribution in [0.1, 0.15) is 47.0 Å². The van der Waals surface area contributed by atoms with Gasteiger partial charge in [-0.15, -0.1) is 0 Å². The van der Waals surface area contributed by atoms with Crippen molar-refractivity contribution in [2.24, 2.45) is 5.41 Å². The lowest BCUT2D eigenvalue weighted by atomic mass is 9.83. The van der Waals surface area contributed by atoms with Crippen molar-refractivity contribution in [3.8, 4) is 0 Å². The molecule has 0 radical (unpaired) electrons. The predicted octanol–water partition coefficient (Wildman–Crippen LogP) is 2.72. The first-order valence-corrected chi connectivity index (χ1v) is 5.71. The SMILES string of the molecule is CCC(C)N(C)CC(C=O)(CC)CC. The lowest BCUT2D eigenvalue weighted by molar-refractivity contribution is -0.117. The van der Waals surface area contributed by atoms with Gasteiger partial charge in [0.25, 0.3) is 0 Å². The van der Waals surface area contributed by atoms with Crippen LogP contribution in [0, 0.1) is 5.41 Å². The Labute approximate surface area is 88.7 Å². The summed E-state index contributed by atoms with van der Waals surface area (Å²) in [6.45, 7) is 9.48. The average Bonchev–Trinajstić information content (AvgIpc) is 2.24. The molecule has 0 aromatic carbocycles. The van der Waals surface area contributed by atoms with Gasteiger partial charge in [0.2, 0.25) is 0 Å². The zero-order valence-corrected chi connectivity index (χ0v) is 10.3. The van der Waals surface area contributed by atoms with Crippen molar-refractivity contribution in [1.82, 2.24) is 4.90 Å². The molecule has 2 nitrogen and oxygen atoms in total. The average molecular weight is 199 g/mol. The standard InChI is InChI=1S/C12H25NO/c1-6-11(4)13(5)9-12(7-2,8-3)10-14/h10-11H,6-9H2,1-5H3. The van der Waals surface area contributed by atoms with Crippen LogP contribution in [0.4, 0.5) is 0 Å². The van der Waals surface area contributed by atoms with Gasteiger partial charge in [-0.2, -0.15) is 0 Å². The van der Waals surface area contributed by atoms with E-state index in [-0.39, 0.29) is 5.41 Å². The fourth-order valence-electron chi connectivity index (χ4n) is 1.64. The maximum Gasteiger partial charge on any atom is 0.127 e. The number of aldehydes is 1. The Morgan fingerprint density at radius 2 is 1.79 bits per heavy atom. The van der Waals surface area contributed by atoms with Gasteiger partial charge in [0.05, 0.1) is 0 Å². The van der Waals surface area contributed by atoms with Crippen molar-refractivity contribution in [2.75, 3.05) is 13.6 Å². The summed E-state index contributed by atoms with van der Waals surface area (Å²) in [5.41, 5.74) is -0.127. The summed E-state index contributed by atoms with van der Waals surface area (Å²) in [4.78, 5) is 13.4. The van der Waals surface area contributed by atoms with E-state index < -0.39 is 0 Å². The lowest BCUT2D eigenvalue weighted by Crippen LogP contribution is -2.40. The summed E-state index contributed by atoms with van der Waals surface area (Å²) in [7, 11) is 2.11. The summed E-state index contributed by atoms with van der Waals surface area (Å²) >= 11 is 0. The van der Waals surface area contributed by atoms with Gasteiger partial charge in [0, 0.05) is 18.0 Å². The van der Waals surface area contributed by atoms with E-state index in [1.54, 1.807) is 0 Å². The maximum atomic E-state index is 11.1. The van der Waals surface area contributed by atoms with Gasteiger partial charge in [0.1, 0.15) is 6.29 Å². The molecule has 14 heavy (non-hydrogen) atoms. The second-order valence-electron chi connectivity index (χ2n) is 4.36. The monoisotopic (exact) mass is 199 g/mol. The smallest absolute Gasteiger partial charge is 0.127 e. The lowest BCUT2D eigenvalue weighted by Gasteiger charge is -2.33. The summed E-state index contributed by atoms with van der Waals surface area (Å²) in [6, 6.07) is 0.562. The van der Waals surface area contributed by atoms with E-state index in [4.69, 9.17) is 0 Å². The van der Waals surface area contributed by atoms with E-state index in [0.29, 0.717) is 6.04 Å². The summed E-state index contributed by atoms with van der Waals surface area (Å²) in [5, 5.41) is 0. The molecule has 0 aromatic rings. The Kier molecular flexibility index (Phi) is 6.01. The maximum absolute atomic E-state index is 11.1. The van der Waals surface area contributed by atoms with Crippen molar-refractivity contribution in [3.63, 3.8) is 0 Å². The Morgan fingerprint density at radius 1 is 1.29 bits per heavy atom. The highest BCUT2D eigenvalue weighted by Gasteiger charge is 2.28. The zero-order chi connectivity index (χ0) is 11.2. The van der Waals surface area contributed by atoms with Gasteiger partial charge in [-0.1, -0.05) is 20.8 Å². The molecular weight excluding hydrogens is 174 g/mol. The molecule has 0 fully saturated rings. The predicted molar refractivity (Wildman–Crippen MR) is 61.5 cm³/mol. The molecule has 0 aromatic heterocycles. The van der Waals surface area contributed by atoms with Gasteiger partial charge >= 0.3 is 0 Å². The number of rotatable bonds is 7. The molecule has 0 aliphatic rings. The molecule has 0 rings (SSSR count). The van der Waals surface area contributed by atoms with Crippen molar-refractivity contribution >= 4 is 6.29 Å². The van der Waals surface area contributed by atoms with Crippen LogP contribution in [0.25, 0.3) is 0 Å². The normalized spacial score (nSPS) is 14.4. The van der Waals surface area contributed by atoms with E-state index in [9.17, 15) is 4.79 Å². The first kappa shape index (κ1) is 13.6. The molecule has 0 saturated carbocycles. The summed E-state index contributed by atoms with van der Waals surface area (Å²) < 4.78 is 0. The minimum Gasteiger partial charge on any atom is -0.303 e. The van der Waals surface area contributed by atoms with E-state index in [1.807, 2.05) is 0 Å². The zero-order valence-electron chi connectivity index (χ0n) is 10.3. The fraction of sp³-hybridized carbons (Fsp3) is 0.917. The first-order chi connectivity index (χ1) is 6.55. The Hall–Kier alpha value is -0.370. The minimum atomic E-state index is -0.127. The molecule has 0 saturated heterocycles. The molecule has 84 valence electrons. The number of hydrogen-bond acceptors (Lipinski definition) is 2. The van der Waals surface area contributed by atoms with Crippen molar-refractivity contribution < 1.29 is 4.79 Å². The molecule has 0 heterocycles. The van der Waals surface area contributed by atoms with Crippen LogP contribution in [0.5, 0.6) is 0 Å². The van der Waals surface area contributed by atoms with Gasteiger partial charge in [-0.25, -0.2) is 0 Å². The van der Waals surface area contributed by atoms with Gasteiger partial charge in [-0.3, -0.25) is 0 Å². The van der Waals surface area contributed by atoms with E-state index in [2.05, 4.69) is 39.6 Å². The molecule has 1 unspecified atom stereocenters. The highest BCUT2D eigenvalue weighted by Crippen LogP contribution is 2.25. The van der Waals surface area contributed by atoms with E-state index >= 15 is 0 Å². The molecule has 0 N–H and O–H groups in total. The third-order valence-corrected chi connectivity index (χ3v) is 3.57. The van der Waals surface area contributed by atoms with Crippen LogP contribution < -0.4 is 0 Å². The Bertz CT molecular complexity index is 164. The number of hydrogen-bond donors (Lipinski definition) is 0. The van der Waals surface area contributed by atoms with Crippen LogP contribution in [0.3, 0.4) is 0 Å².